The predicted molar refractivity (Wildman–Crippen MR) is 151 cm³/mol. The highest BCUT2D eigenvalue weighted by molar-refractivity contribution is 9.10. The van der Waals surface area contributed by atoms with Crippen LogP contribution in [-0.2, 0) is 17.6 Å². The first kappa shape index (κ1) is 25.0. The molecule has 4 aromatic rings. The summed E-state index contributed by atoms with van der Waals surface area (Å²) >= 11 is 6.39. The summed E-state index contributed by atoms with van der Waals surface area (Å²) in [6.07, 6.45) is 4.14. The lowest BCUT2D eigenvalue weighted by atomic mass is 9.97. The Kier molecular flexibility index (Phi) is 7.50. The number of aryl methyl sites for hydroxylation is 3. The average molecular weight is 585 g/mol. The molecule has 0 radical (unpaired) electrons. The van der Waals surface area contributed by atoms with E-state index in [-0.39, 0.29) is 17.2 Å². The lowest BCUT2D eigenvalue weighted by Crippen LogP contribution is -2.23. The van der Waals surface area contributed by atoms with Gasteiger partial charge < -0.3 is 10.1 Å². The molecule has 2 heterocycles. The molecule has 0 atom stereocenters. The Morgan fingerprint density at radius 2 is 1.97 bits per heavy atom. The molecule has 1 aliphatic rings. The van der Waals surface area contributed by atoms with Crippen LogP contribution in [0.15, 0.2) is 56.9 Å². The summed E-state index contributed by atoms with van der Waals surface area (Å²) in [5.41, 5.74) is 3.59. The van der Waals surface area contributed by atoms with Crippen molar-refractivity contribution < 1.29 is 9.53 Å². The zero-order valence-corrected chi connectivity index (χ0v) is 23.3. The van der Waals surface area contributed by atoms with Gasteiger partial charge in [0.1, 0.15) is 10.6 Å². The number of fused-ring (bicyclic) bond motifs is 3. The maximum Gasteiger partial charge on any atom is 0.267 e. The molecule has 1 N–H and O–H groups in total. The summed E-state index contributed by atoms with van der Waals surface area (Å²) in [6.45, 7) is 4.50. The molecule has 1 aliphatic carbocycles. The second-order valence-corrected chi connectivity index (χ2v) is 11.6. The highest BCUT2D eigenvalue weighted by atomic mass is 79.9. The fraction of sp³-hybridized carbons (Fsp3) is 0.296. The number of hydrogen-bond donors (Lipinski definition) is 1. The molecular weight excluding hydrogens is 558 g/mol. The molecule has 2 aromatic heterocycles. The van der Waals surface area contributed by atoms with Crippen molar-refractivity contribution in [3.8, 4) is 11.4 Å². The smallest absolute Gasteiger partial charge is 0.267 e. The van der Waals surface area contributed by atoms with Gasteiger partial charge in [0.25, 0.3) is 5.56 Å². The monoisotopic (exact) mass is 583 g/mol. The highest BCUT2D eigenvalue weighted by Crippen LogP contribution is 2.35. The Balaban J connectivity index is 1.50. The molecule has 9 heteroatoms. The van der Waals surface area contributed by atoms with Crippen LogP contribution in [-0.4, -0.2) is 27.8 Å². The first-order valence-corrected chi connectivity index (χ1v) is 14.5. The van der Waals surface area contributed by atoms with Crippen LogP contribution in [0.4, 0.5) is 5.69 Å². The second kappa shape index (κ2) is 10.8. The average Bonchev–Trinajstić information content (AvgIpc) is 3.24. The molecule has 0 spiro atoms. The molecule has 0 unspecified atom stereocenters. The van der Waals surface area contributed by atoms with Gasteiger partial charge in [-0.2, -0.15) is 0 Å². The molecule has 1 amide bonds. The molecule has 0 fully saturated rings. The Hall–Kier alpha value is -2.62. The number of ether oxygens (including phenoxy) is 1. The van der Waals surface area contributed by atoms with Crippen molar-refractivity contribution in [2.24, 2.45) is 0 Å². The minimum absolute atomic E-state index is 0.0762. The summed E-state index contributed by atoms with van der Waals surface area (Å²) in [7, 11) is 0. The Morgan fingerprint density at radius 3 is 2.72 bits per heavy atom. The summed E-state index contributed by atoms with van der Waals surface area (Å²) < 4.78 is 8.05. The first-order valence-electron chi connectivity index (χ1n) is 11.9. The largest absolute Gasteiger partial charge is 0.494 e. The van der Waals surface area contributed by atoms with E-state index in [2.05, 4.69) is 21.2 Å². The van der Waals surface area contributed by atoms with Crippen LogP contribution in [0.25, 0.3) is 15.9 Å². The van der Waals surface area contributed by atoms with Crippen molar-refractivity contribution in [2.45, 2.75) is 44.7 Å². The molecule has 0 saturated heterocycles. The van der Waals surface area contributed by atoms with Crippen LogP contribution < -0.4 is 15.6 Å². The van der Waals surface area contributed by atoms with Gasteiger partial charge in [-0.1, -0.05) is 17.8 Å². The van der Waals surface area contributed by atoms with E-state index in [9.17, 15) is 9.59 Å². The van der Waals surface area contributed by atoms with Gasteiger partial charge in [0, 0.05) is 9.35 Å². The van der Waals surface area contributed by atoms with Gasteiger partial charge in [0.2, 0.25) is 5.91 Å². The van der Waals surface area contributed by atoms with E-state index < -0.39 is 0 Å². The fourth-order valence-corrected chi connectivity index (χ4v) is 7.11. The van der Waals surface area contributed by atoms with Crippen molar-refractivity contribution in [1.29, 1.82) is 0 Å². The van der Waals surface area contributed by atoms with Gasteiger partial charge in [-0.25, -0.2) is 4.98 Å². The number of amides is 1. The van der Waals surface area contributed by atoms with Gasteiger partial charge in [-0.3, -0.25) is 14.2 Å². The number of halogens is 1. The van der Waals surface area contributed by atoms with Crippen LogP contribution in [0, 0.1) is 6.92 Å². The number of nitrogens with zero attached hydrogens (tertiary/aromatic N) is 2. The summed E-state index contributed by atoms with van der Waals surface area (Å²) in [6, 6.07) is 13.2. The predicted octanol–water partition coefficient (Wildman–Crippen LogP) is 6.53. The van der Waals surface area contributed by atoms with E-state index in [1.54, 1.807) is 15.9 Å². The summed E-state index contributed by atoms with van der Waals surface area (Å²) in [5, 5.41) is 4.18. The third-order valence-corrected chi connectivity index (χ3v) is 8.88. The first-order chi connectivity index (χ1) is 17.4. The lowest BCUT2D eigenvalue weighted by molar-refractivity contribution is -0.113. The number of rotatable bonds is 7. The number of benzene rings is 2. The molecule has 186 valence electrons. The zero-order chi connectivity index (χ0) is 25.2. The van der Waals surface area contributed by atoms with Gasteiger partial charge in [-0.05, 0) is 103 Å². The van der Waals surface area contributed by atoms with E-state index in [1.807, 2.05) is 56.3 Å². The minimum Gasteiger partial charge on any atom is -0.494 e. The third kappa shape index (κ3) is 5.10. The number of hydrogen-bond acceptors (Lipinski definition) is 6. The van der Waals surface area contributed by atoms with Crippen molar-refractivity contribution in [2.75, 3.05) is 17.7 Å². The SMILES string of the molecule is CCOc1ccc(-n2c(SCC(=O)Nc3ccc(C)cc3Br)nc3sc4c(c3c2=O)CCCC4)cc1. The third-order valence-electron chi connectivity index (χ3n) is 6.10. The van der Waals surface area contributed by atoms with E-state index in [4.69, 9.17) is 9.72 Å². The highest BCUT2D eigenvalue weighted by Gasteiger charge is 2.23. The van der Waals surface area contributed by atoms with Crippen LogP contribution in [0.2, 0.25) is 0 Å². The second-order valence-electron chi connectivity index (χ2n) is 8.67. The van der Waals surface area contributed by atoms with E-state index in [0.717, 1.165) is 57.2 Å². The molecule has 36 heavy (non-hydrogen) atoms. The van der Waals surface area contributed by atoms with Gasteiger partial charge in [0.05, 0.1) is 29.1 Å². The standard InChI is InChI=1S/C27H26BrN3O3S2/c1-3-34-18-11-9-17(10-12-18)31-26(33)24-19-6-4-5-7-22(19)36-25(24)30-27(31)35-15-23(32)29-21-13-8-16(2)14-20(21)28/h8-14H,3-7,15H2,1-2H3,(H,29,32). The number of thiophene rings is 1. The molecule has 0 bridgehead atoms. The van der Waals surface area contributed by atoms with Crippen LogP contribution in [0.5, 0.6) is 5.75 Å². The lowest BCUT2D eigenvalue weighted by Gasteiger charge is -2.14. The van der Waals surface area contributed by atoms with Crippen molar-refractivity contribution in [3.05, 3.63) is 73.3 Å². The van der Waals surface area contributed by atoms with Crippen LogP contribution in [0.1, 0.15) is 35.8 Å². The van der Waals surface area contributed by atoms with Gasteiger partial charge in [-0.15, -0.1) is 11.3 Å². The molecule has 0 saturated carbocycles. The van der Waals surface area contributed by atoms with Crippen molar-refractivity contribution >= 4 is 60.8 Å². The number of carbonyl (C=O) groups is 1. The van der Waals surface area contributed by atoms with Crippen LogP contribution >= 0.6 is 39.0 Å². The molecule has 6 nitrogen and oxygen atoms in total. The van der Waals surface area contributed by atoms with Crippen molar-refractivity contribution in [1.82, 2.24) is 9.55 Å². The number of aromatic nitrogens is 2. The Labute approximate surface area is 226 Å². The van der Waals surface area contributed by atoms with E-state index in [1.165, 1.54) is 16.6 Å². The normalized spacial score (nSPS) is 13.0. The maximum atomic E-state index is 13.9. The summed E-state index contributed by atoms with van der Waals surface area (Å²) in [4.78, 5) is 33.6. The number of nitrogens with one attached hydrogen (secondary N) is 1. The zero-order valence-electron chi connectivity index (χ0n) is 20.1. The number of anilines is 1. The van der Waals surface area contributed by atoms with Crippen LogP contribution in [0.3, 0.4) is 0 Å². The molecule has 0 aliphatic heterocycles. The fourth-order valence-electron chi connectivity index (χ4n) is 4.41. The van der Waals surface area contributed by atoms with Gasteiger partial charge >= 0.3 is 0 Å². The topological polar surface area (TPSA) is 73.2 Å². The number of carbonyl (C=O) groups excluding carboxylic acids is 1. The Morgan fingerprint density at radius 1 is 1.19 bits per heavy atom. The molecular formula is C27H26BrN3O3S2. The van der Waals surface area contributed by atoms with Gasteiger partial charge in [0.15, 0.2) is 5.16 Å². The minimum atomic E-state index is -0.164. The Bertz CT molecular complexity index is 1500. The molecule has 5 rings (SSSR count). The maximum absolute atomic E-state index is 13.9. The van der Waals surface area contributed by atoms with Crippen molar-refractivity contribution in [3.63, 3.8) is 0 Å². The molecule has 2 aromatic carbocycles. The van der Waals surface area contributed by atoms with E-state index in [0.29, 0.717) is 23.1 Å². The number of thioether (sulfide) groups is 1. The van der Waals surface area contributed by atoms with E-state index >= 15 is 0 Å². The summed E-state index contributed by atoms with van der Waals surface area (Å²) in [5.74, 6) is 0.705. The quantitative estimate of drug-likeness (QED) is 0.198.